The third kappa shape index (κ3) is 4.35. The van der Waals surface area contributed by atoms with Gasteiger partial charge in [0.2, 0.25) is 5.91 Å². The van der Waals surface area contributed by atoms with Crippen LogP contribution in [0, 0.1) is 19.8 Å². The maximum atomic E-state index is 13.0. The van der Waals surface area contributed by atoms with Gasteiger partial charge in [-0.05, 0) is 62.8 Å². The summed E-state index contributed by atoms with van der Waals surface area (Å²) in [6.45, 7) is 5.64. The molecule has 1 aromatic carbocycles. The lowest BCUT2D eigenvalue weighted by Gasteiger charge is -2.30. The average Bonchev–Trinajstić information content (AvgIpc) is 2.97. The summed E-state index contributed by atoms with van der Waals surface area (Å²) in [4.78, 5) is 44.3. The van der Waals surface area contributed by atoms with Gasteiger partial charge in [-0.2, -0.15) is 0 Å². The van der Waals surface area contributed by atoms with Crippen molar-refractivity contribution in [3.63, 3.8) is 0 Å². The van der Waals surface area contributed by atoms with Crippen LogP contribution in [-0.2, 0) is 14.3 Å². The number of nitrogens with zero attached hydrogens (tertiary/aromatic N) is 2. The van der Waals surface area contributed by atoms with Crippen molar-refractivity contribution in [2.24, 2.45) is 10.9 Å². The second-order valence-electron chi connectivity index (χ2n) is 6.38. The van der Waals surface area contributed by atoms with Crippen LogP contribution in [0.2, 0.25) is 0 Å². The Kier molecular flexibility index (Phi) is 6.79. The molecule has 1 aromatic heterocycles. The van der Waals surface area contributed by atoms with Gasteiger partial charge in [-0.15, -0.1) is 11.3 Å². The number of hydrogen-bond acceptors (Lipinski definition) is 7. The molecule has 0 unspecified atom stereocenters. The van der Waals surface area contributed by atoms with E-state index in [1.165, 1.54) is 22.5 Å². The van der Waals surface area contributed by atoms with E-state index in [1.807, 2.05) is 13.8 Å². The summed E-state index contributed by atoms with van der Waals surface area (Å²) < 4.78 is 5.96. The molecule has 0 aliphatic carbocycles. The molecule has 2 amide bonds. The summed E-state index contributed by atoms with van der Waals surface area (Å²) in [5, 5.41) is 2.94. The molecule has 1 atom stereocenters. The third-order valence-electron chi connectivity index (χ3n) is 4.47. The zero-order valence-corrected chi connectivity index (χ0v) is 19.6. The lowest BCUT2D eigenvalue weighted by atomic mass is 10.1. The van der Waals surface area contributed by atoms with Gasteiger partial charge in [0, 0.05) is 15.6 Å². The summed E-state index contributed by atoms with van der Waals surface area (Å²) in [6.07, 6.45) is 1.25. The molecule has 1 N–H and O–H groups in total. The first-order chi connectivity index (χ1) is 14.2. The van der Waals surface area contributed by atoms with Crippen molar-refractivity contribution in [3.05, 3.63) is 44.7 Å². The van der Waals surface area contributed by atoms with Crippen molar-refractivity contribution in [2.45, 2.75) is 20.8 Å². The number of thiocarbonyl (C=S) groups is 1. The predicted molar refractivity (Wildman–Crippen MR) is 124 cm³/mol. The number of carbonyl (C=O) groups excluding carboxylic acids is 3. The predicted octanol–water partition coefficient (Wildman–Crippen LogP) is 4.07. The van der Waals surface area contributed by atoms with E-state index >= 15 is 0 Å². The number of rotatable bonds is 5. The summed E-state index contributed by atoms with van der Waals surface area (Å²) in [5.74, 6) is -2.75. The SMILES string of the molecule is CCOC(=O)c1c(N=C[C@@H]2C(=O)NC(=S)N(c3ccc(Br)cc3)C2=O)sc(C)c1C. The van der Waals surface area contributed by atoms with Gasteiger partial charge in [-0.25, -0.2) is 9.79 Å². The minimum absolute atomic E-state index is 0.00648. The molecule has 0 spiro atoms. The Morgan fingerprint density at radius 1 is 1.33 bits per heavy atom. The first kappa shape index (κ1) is 22.3. The molecule has 2 heterocycles. The fourth-order valence-electron chi connectivity index (χ4n) is 2.84. The van der Waals surface area contributed by atoms with Gasteiger partial charge in [0.05, 0.1) is 17.9 Å². The standard InChI is InChI=1S/C20H18BrN3O4S2/c1-4-28-19(27)15-10(2)11(3)30-17(15)22-9-14-16(25)23-20(29)24(18(14)26)13-7-5-12(21)6-8-13/h5-9,14H,4H2,1-3H3,(H,23,25,29)/t14-/m1/s1. The average molecular weight is 508 g/mol. The van der Waals surface area contributed by atoms with Crippen LogP contribution < -0.4 is 10.2 Å². The fourth-order valence-corrected chi connectivity index (χ4v) is 4.40. The minimum atomic E-state index is -1.18. The fraction of sp³-hybridized carbons (Fsp3) is 0.250. The quantitative estimate of drug-likeness (QED) is 0.285. The van der Waals surface area contributed by atoms with E-state index in [0.717, 1.165) is 14.9 Å². The molecule has 30 heavy (non-hydrogen) atoms. The molecule has 0 bridgehead atoms. The first-order valence-electron chi connectivity index (χ1n) is 9.00. The minimum Gasteiger partial charge on any atom is -0.462 e. The number of esters is 1. The number of ether oxygens (including phenoxy) is 1. The molecule has 7 nitrogen and oxygen atoms in total. The van der Waals surface area contributed by atoms with E-state index in [0.29, 0.717) is 16.3 Å². The van der Waals surface area contributed by atoms with Crippen LogP contribution in [0.15, 0.2) is 33.7 Å². The van der Waals surface area contributed by atoms with Gasteiger partial charge >= 0.3 is 5.97 Å². The molecular weight excluding hydrogens is 490 g/mol. The maximum absolute atomic E-state index is 13.0. The Morgan fingerprint density at radius 3 is 2.63 bits per heavy atom. The van der Waals surface area contributed by atoms with E-state index in [4.69, 9.17) is 17.0 Å². The van der Waals surface area contributed by atoms with Gasteiger partial charge in [0.25, 0.3) is 5.91 Å². The highest BCUT2D eigenvalue weighted by atomic mass is 79.9. The molecule has 1 aliphatic heterocycles. The second-order valence-corrected chi connectivity index (χ2v) is 8.89. The Bertz CT molecular complexity index is 1060. The van der Waals surface area contributed by atoms with Crippen LogP contribution in [0.3, 0.4) is 0 Å². The first-order valence-corrected chi connectivity index (χ1v) is 11.0. The molecule has 0 saturated carbocycles. The van der Waals surface area contributed by atoms with Gasteiger partial charge in [-0.3, -0.25) is 14.5 Å². The largest absolute Gasteiger partial charge is 0.462 e. The van der Waals surface area contributed by atoms with Crippen LogP contribution in [0.1, 0.15) is 27.7 Å². The van der Waals surface area contributed by atoms with Gasteiger partial charge in [0.1, 0.15) is 5.00 Å². The number of hydrogen-bond donors (Lipinski definition) is 1. The number of amides is 2. The maximum Gasteiger partial charge on any atom is 0.341 e. The van der Waals surface area contributed by atoms with E-state index in [2.05, 4.69) is 26.2 Å². The zero-order valence-electron chi connectivity index (χ0n) is 16.4. The Morgan fingerprint density at radius 2 is 2.00 bits per heavy atom. The van der Waals surface area contributed by atoms with Crippen molar-refractivity contribution < 1.29 is 19.1 Å². The summed E-state index contributed by atoms with van der Waals surface area (Å²) in [7, 11) is 0. The van der Waals surface area contributed by atoms with Gasteiger partial charge in [-0.1, -0.05) is 15.9 Å². The van der Waals surface area contributed by atoms with E-state index in [9.17, 15) is 14.4 Å². The van der Waals surface area contributed by atoms with E-state index < -0.39 is 23.7 Å². The molecule has 1 fully saturated rings. The van der Waals surface area contributed by atoms with Crippen LogP contribution >= 0.6 is 39.5 Å². The molecule has 3 rings (SSSR count). The number of anilines is 1. The van der Waals surface area contributed by atoms with Gasteiger partial charge < -0.3 is 10.1 Å². The van der Waals surface area contributed by atoms with Crippen LogP contribution in [0.4, 0.5) is 10.7 Å². The van der Waals surface area contributed by atoms with Crippen molar-refractivity contribution in [3.8, 4) is 0 Å². The lowest BCUT2D eigenvalue weighted by Crippen LogP contribution is -2.58. The second kappa shape index (κ2) is 9.15. The van der Waals surface area contributed by atoms with Crippen molar-refractivity contribution in [1.82, 2.24) is 5.32 Å². The smallest absolute Gasteiger partial charge is 0.341 e. The molecular formula is C20H18BrN3O4S2. The van der Waals surface area contributed by atoms with Crippen molar-refractivity contribution >= 4 is 79.3 Å². The number of aryl methyl sites for hydroxylation is 1. The topological polar surface area (TPSA) is 88.1 Å². The number of carbonyl (C=O) groups is 3. The van der Waals surface area contributed by atoms with Crippen molar-refractivity contribution in [1.29, 1.82) is 0 Å². The Hall–Kier alpha value is -2.43. The molecule has 1 aliphatic rings. The summed E-state index contributed by atoms with van der Waals surface area (Å²) >= 11 is 9.83. The highest BCUT2D eigenvalue weighted by Gasteiger charge is 2.38. The number of benzene rings is 1. The van der Waals surface area contributed by atoms with E-state index in [-0.39, 0.29) is 11.7 Å². The molecule has 156 valence electrons. The number of thiophene rings is 1. The van der Waals surface area contributed by atoms with Crippen LogP contribution in [-0.4, -0.2) is 35.7 Å². The van der Waals surface area contributed by atoms with Gasteiger partial charge in [0.15, 0.2) is 11.0 Å². The monoisotopic (exact) mass is 507 g/mol. The Balaban J connectivity index is 1.93. The highest BCUT2D eigenvalue weighted by molar-refractivity contribution is 9.10. The number of nitrogens with one attached hydrogen (secondary N) is 1. The molecule has 10 heteroatoms. The molecule has 2 aromatic rings. The normalized spacial score (nSPS) is 16.9. The lowest BCUT2D eigenvalue weighted by molar-refractivity contribution is -0.130. The number of halogens is 1. The highest BCUT2D eigenvalue weighted by Crippen LogP contribution is 2.35. The molecule has 1 saturated heterocycles. The summed E-state index contributed by atoms with van der Waals surface area (Å²) in [5.41, 5.74) is 1.64. The van der Waals surface area contributed by atoms with Crippen LogP contribution in [0.5, 0.6) is 0 Å². The Labute approximate surface area is 191 Å². The zero-order chi connectivity index (χ0) is 22.0. The number of aliphatic imine (C=N–C) groups is 1. The van der Waals surface area contributed by atoms with E-state index in [1.54, 1.807) is 31.2 Å². The third-order valence-corrected chi connectivity index (χ3v) is 6.40. The summed E-state index contributed by atoms with van der Waals surface area (Å²) in [6, 6.07) is 6.97. The van der Waals surface area contributed by atoms with Crippen molar-refractivity contribution in [2.75, 3.05) is 11.5 Å². The molecule has 0 radical (unpaired) electrons. The van der Waals surface area contributed by atoms with Crippen LogP contribution in [0.25, 0.3) is 0 Å².